The average molecular weight is 202 g/mol. The minimum absolute atomic E-state index is 0.105. The third-order valence-corrected chi connectivity index (χ3v) is 1.12. The third-order valence-electron chi connectivity index (χ3n) is 1.12. The molecule has 14 heavy (non-hydrogen) atoms. The highest BCUT2D eigenvalue weighted by Gasteiger charge is 1.93. The lowest BCUT2D eigenvalue weighted by molar-refractivity contribution is -0.143. The Hall–Kier alpha value is -1.32. The molecule has 0 spiro atoms. The van der Waals surface area contributed by atoms with Crippen LogP contribution in [-0.2, 0) is 14.3 Å². The van der Waals surface area contributed by atoms with E-state index in [1.807, 2.05) is 6.92 Å². The quantitative estimate of drug-likeness (QED) is 0.559. The normalized spacial score (nSPS) is 8.21. The molecule has 0 saturated carbocycles. The van der Waals surface area contributed by atoms with Gasteiger partial charge in [-0.3, -0.25) is 4.79 Å². The zero-order chi connectivity index (χ0) is 11.6. The summed E-state index contributed by atoms with van der Waals surface area (Å²) in [5.41, 5.74) is 0.176. The molecule has 0 aliphatic rings. The Kier molecular flexibility index (Phi) is 10.6. The monoisotopic (exact) mass is 202 g/mol. The fraction of sp³-hybridized carbons (Fsp3) is 0.600. The van der Waals surface area contributed by atoms with Crippen molar-refractivity contribution in [2.45, 2.75) is 33.6 Å². The first kappa shape index (κ1) is 15.2. The molecular weight excluding hydrogens is 184 g/mol. The molecular formula is C10H18O4. The van der Waals surface area contributed by atoms with Crippen LogP contribution in [0.15, 0.2) is 12.2 Å². The van der Waals surface area contributed by atoms with Gasteiger partial charge < -0.3 is 9.84 Å². The van der Waals surface area contributed by atoms with E-state index in [9.17, 15) is 9.59 Å². The Bertz CT molecular complexity index is 184. The Morgan fingerprint density at radius 3 is 2.00 bits per heavy atom. The predicted molar refractivity (Wildman–Crippen MR) is 54.0 cm³/mol. The average Bonchev–Trinajstić information content (AvgIpc) is 2.14. The number of carboxylic acid groups (broad SMARTS) is 1. The van der Waals surface area contributed by atoms with E-state index in [1.165, 1.54) is 6.92 Å². The fourth-order valence-corrected chi connectivity index (χ4v) is 0.318. The first-order valence-electron chi connectivity index (χ1n) is 4.50. The van der Waals surface area contributed by atoms with E-state index in [2.05, 4.69) is 6.58 Å². The number of hydrogen-bond acceptors (Lipinski definition) is 3. The Balaban J connectivity index is 0. The van der Waals surface area contributed by atoms with Gasteiger partial charge in [0.15, 0.2) is 0 Å². The largest absolute Gasteiger partial charge is 0.478 e. The number of carboxylic acids is 1. The molecule has 0 aromatic rings. The zero-order valence-corrected chi connectivity index (χ0v) is 9.00. The van der Waals surface area contributed by atoms with E-state index in [-0.39, 0.29) is 11.5 Å². The van der Waals surface area contributed by atoms with E-state index in [4.69, 9.17) is 9.84 Å². The molecule has 0 radical (unpaired) electrons. The number of rotatable bonds is 4. The van der Waals surface area contributed by atoms with E-state index < -0.39 is 5.97 Å². The summed E-state index contributed by atoms with van der Waals surface area (Å²) in [5.74, 6) is -1.04. The van der Waals surface area contributed by atoms with Gasteiger partial charge >= 0.3 is 11.9 Å². The number of hydrogen-bond donors (Lipinski definition) is 1. The van der Waals surface area contributed by atoms with E-state index in [1.54, 1.807) is 6.92 Å². The zero-order valence-electron chi connectivity index (χ0n) is 9.00. The first-order chi connectivity index (χ1) is 6.45. The maximum atomic E-state index is 10.3. The van der Waals surface area contributed by atoms with Crippen LogP contribution in [0, 0.1) is 0 Å². The van der Waals surface area contributed by atoms with Gasteiger partial charge in [-0.25, -0.2) is 4.79 Å². The van der Waals surface area contributed by atoms with Crippen LogP contribution >= 0.6 is 0 Å². The second kappa shape index (κ2) is 9.77. The fourth-order valence-electron chi connectivity index (χ4n) is 0.318. The van der Waals surface area contributed by atoms with Crippen molar-refractivity contribution in [3.63, 3.8) is 0 Å². The van der Waals surface area contributed by atoms with Gasteiger partial charge in [0.1, 0.15) is 0 Å². The summed E-state index contributed by atoms with van der Waals surface area (Å²) in [5, 5.41) is 7.89. The van der Waals surface area contributed by atoms with Gasteiger partial charge in [-0.2, -0.15) is 0 Å². The van der Waals surface area contributed by atoms with E-state index in [0.29, 0.717) is 13.0 Å². The molecule has 0 heterocycles. The van der Waals surface area contributed by atoms with Crippen molar-refractivity contribution in [1.29, 1.82) is 0 Å². The third kappa shape index (κ3) is 13.3. The molecule has 0 bridgehead atoms. The number of carbonyl (C=O) groups is 2. The van der Waals surface area contributed by atoms with E-state index >= 15 is 0 Å². The Morgan fingerprint density at radius 2 is 1.79 bits per heavy atom. The van der Waals surface area contributed by atoms with Gasteiger partial charge in [0, 0.05) is 12.0 Å². The standard InChI is InChI=1S/C6H12O2.C4H6O2/c1-3-5-8-6(7)4-2;1-3(2)4(5)6/h3-5H2,1-2H3;1H2,2H3,(H,5,6). The smallest absolute Gasteiger partial charge is 0.330 e. The molecule has 4 nitrogen and oxygen atoms in total. The van der Waals surface area contributed by atoms with Crippen LogP contribution in [0.5, 0.6) is 0 Å². The molecule has 0 fully saturated rings. The van der Waals surface area contributed by atoms with Crippen molar-refractivity contribution in [2.24, 2.45) is 0 Å². The lowest BCUT2D eigenvalue weighted by Gasteiger charge is -1.97. The molecule has 0 unspecified atom stereocenters. The number of carbonyl (C=O) groups excluding carboxylic acids is 1. The van der Waals surface area contributed by atoms with Crippen molar-refractivity contribution in [1.82, 2.24) is 0 Å². The van der Waals surface area contributed by atoms with Gasteiger partial charge in [0.25, 0.3) is 0 Å². The summed E-state index contributed by atoms with van der Waals surface area (Å²) >= 11 is 0. The molecule has 1 N–H and O–H groups in total. The minimum Gasteiger partial charge on any atom is -0.478 e. The molecule has 0 saturated heterocycles. The molecule has 0 atom stereocenters. The first-order valence-corrected chi connectivity index (χ1v) is 4.50. The van der Waals surface area contributed by atoms with Crippen molar-refractivity contribution >= 4 is 11.9 Å². The van der Waals surface area contributed by atoms with Crippen LogP contribution in [0.3, 0.4) is 0 Å². The van der Waals surface area contributed by atoms with Gasteiger partial charge in [-0.05, 0) is 13.3 Å². The van der Waals surface area contributed by atoms with Crippen molar-refractivity contribution in [3.05, 3.63) is 12.2 Å². The predicted octanol–water partition coefficient (Wildman–Crippen LogP) is 2.00. The van der Waals surface area contributed by atoms with Crippen LogP contribution in [0.1, 0.15) is 33.6 Å². The number of esters is 1. The van der Waals surface area contributed by atoms with Crippen LogP contribution in [-0.4, -0.2) is 23.7 Å². The van der Waals surface area contributed by atoms with Crippen LogP contribution < -0.4 is 0 Å². The molecule has 82 valence electrons. The SMILES string of the molecule is C=C(C)C(=O)O.CCCOC(=O)CC. The van der Waals surface area contributed by atoms with Gasteiger partial charge in [0.2, 0.25) is 0 Å². The highest BCUT2D eigenvalue weighted by molar-refractivity contribution is 5.84. The van der Waals surface area contributed by atoms with Crippen molar-refractivity contribution in [3.8, 4) is 0 Å². The Labute approximate surface area is 84.6 Å². The van der Waals surface area contributed by atoms with Crippen LogP contribution in [0.25, 0.3) is 0 Å². The highest BCUT2D eigenvalue weighted by Crippen LogP contribution is 1.85. The molecule has 0 aromatic carbocycles. The maximum absolute atomic E-state index is 10.3. The summed E-state index contributed by atoms with van der Waals surface area (Å²) < 4.78 is 4.70. The summed E-state index contributed by atoms with van der Waals surface area (Å²) in [6.07, 6.45) is 1.39. The second-order valence-electron chi connectivity index (χ2n) is 2.66. The summed E-state index contributed by atoms with van der Waals surface area (Å²) in [7, 11) is 0. The van der Waals surface area contributed by atoms with Crippen molar-refractivity contribution in [2.75, 3.05) is 6.61 Å². The van der Waals surface area contributed by atoms with Gasteiger partial charge in [-0.1, -0.05) is 20.4 Å². The van der Waals surface area contributed by atoms with E-state index in [0.717, 1.165) is 6.42 Å². The molecule has 0 rings (SSSR count). The molecule has 4 heteroatoms. The summed E-state index contributed by atoms with van der Waals surface area (Å²) in [6.45, 7) is 8.93. The minimum atomic E-state index is -0.935. The highest BCUT2D eigenvalue weighted by atomic mass is 16.5. The molecule has 0 aliphatic carbocycles. The topological polar surface area (TPSA) is 63.6 Å². The molecule has 0 aliphatic heterocycles. The summed E-state index contributed by atoms with van der Waals surface area (Å²) in [4.78, 5) is 19.9. The lowest BCUT2D eigenvalue weighted by atomic mass is 10.4. The molecule has 0 amide bonds. The Morgan fingerprint density at radius 1 is 1.36 bits per heavy atom. The maximum Gasteiger partial charge on any atom is 0.330 e. The molecule has 0 aromatic heterocycles. The van der Waals surface area contributed by atoms with Crippen LogP contribution in [0.2, 0.25) is 0 Å². The van der Waals surface area contributed by atoms with Crippen molar-refractivity contribution < 1.29 is 19.4 Å². The summed E-state index contributed by atoms with van der Waals surface area (Å²) in [6, 6.07) is 0. The number of ether oxygens (including phenoxy) is 1. The van der Waals surface area contributed by atoms with Gasteiger partial charge in [-0.15, -0.1) is 0 Å². The lowest BCUT2D eigenvalue weighted by Crippen LogP contribution is -2.02. The second-order valence-corrected chi connectivity index (χ2v) is 2.66. The van der Waals surface area contributed by atoms with Gasteiger partial charge in [0.05, 0.1) is 6.61 Å². The number of aliphatic carboxylic acids is 1. The van der Waals surface area contributed by atoms with Crippen LogP contribution in [0.4, 0.5) is 0 Å².